The number of amides is 3. The number of urea groups is 1. The molecule has 0 bridgehead atoms. The average Bonchev–Trinajstić information content (AvgIpc) is 2.68. The quantitative estimate of drug-likeness (QED) is 0.544. The molecule has 0 spiro atoms. The van der Waals surface area contributed by atoms with E-state index in [4.69, 9.17) is 0 Å². The van der Waals surface area contributed by atoms with Crippen molar-refractivity contribution >= 4 is 27.6 Å². The molecular formula is C21H27N3O4S. The van der Waals surface area contributed by atoms with Gasteiger partial charge in [-0.05, 0) is 49.6 Å². The molecule has 0 aliphatic carbocycles. The van der Waals surface area contributed by atoms with Gasteiger partial charge in [-0.3, -0.25) is 4.79 Å². The number of aryl methyl sites for hydroxylation is 2. The van der Waals surface area contributed by atoms with Crippen LogP contribution in [0.5, 0.6) is 0 Å². The first-order valence-corrected chi connectivity index (χ1v) is 11.0. The van der Waals surface area contributed by atoms with Crippen molar-refractivity contribution in [1.82, 2.24) is 10.0 Å². The summed E-state index contributed by atoms with van der Waals surface area (Å²) in [6.07, 6.45) is 2.61. The zero-order valence-electron chi connectivity index (χ0n) is 16.7. The number of hydrogen-bond acceptors (Lipinski definition) is 4. The summed E-state index contributed by atoms with van der Waals surface area (Å²) in [6.45, 7) is 4.39. The molecule has 2 aromatic rings. The minimum atomic E-state index is -3.97. The summed E-state index contributed by atoms with van der Waals surface area (Å²) >= 11 is 0. The van der Waals surface area contributed by atoms with Gasteiger partial charge >= 0.3 is 6.03 Å². The van der Waals surface area contributed by atoms with Gasteiger partial charge in [0.2, 0.25) is 5.91 Å². The van der Waals surface area contributed by atoms with Gasteiger partial charge in [0.25, 0.3) is 10.0 Å². The number of hydrogen-bond donors (Lipinski definition) is 3. The number of benzene rings is 2. The van der Waals surface area contributed by atoms with Crippen LogP contribution in [0.15, 0.2) is 53.4 Å². The average molecular weight is 418 g/mol. The van der Waals surface area contributed by atoms with Crippen LogP contribution in [0.2, 0.25) is 0 Å². The third-order valence-electron chi connectivity index (χ3n) is 4.25. The Bertz CT molecular complexity index is 923. The molecule has 2 rings (SSSR count). The largest absolute Gasteiger partial charge is 0.337 e. The molecule has 0 fully saturated rings. The highest BCUT2D eigenvalue weighted by Gasteiger charge is 2.17. The molecule has 0 atom stereocenters. The maximum atomic E-state index is 12.2. The third kappa shape index (κ3) is 7.57. The van der Waals surface area contributed by atoms with E-state index in [0.29, 0.717) is 25.1 Å². The molecule has 0 saturated heterocycles. The van der Waals surface area contributed by atoms with E-state index in [1.54, 1.807) is 0 Å². The molecule has 7 nitrogen and oxygen atoms in total. The van der Waals surface area contributed by atoms with Crippen molar-refractivity contribution in [3.05, 3.63) is 59.7 Å². The van der Waals surface area contributed by atoms with Crippen LogP contribution in [0.3, 0.4) is 0 Å². The Labute approximate surface area is 172 Å². The molecule has 0 heterocycles. The highest BCUT2D eigenvalue weighted by atomic mass is 32.2. The van der Waals surface area contributed by atoms with Crippen molar-refractivity contribution in [2.45, 2.75) is 44.4 Å². The molecule has 0 aromatic heterocycles. The Morgan fingerprint density at radius 1 is 0.966 bits per heavy atom. The monoisotopic (exact) mass is 417 g/mol. The minimum absolute atomic E-state index is 0.0548. The van der Waals surface area contributed by atoms with Crippen LogP contribution in [0, 0.1) is 6.92 Å². The molecule has 29 heavy (non-hydrogen) atoms. The van der Waals surface area contributed by atoms with Gasteiger partial charge in [-0.1, -0.05) is 43.2 Å². The summed E-state index contributed by atoms with van der Waals surface area (Å²) < 4.78 is 26.4. The third-order valence-corrected chi connectivity index (χ3v) is 5.60. The summed E-state index contributed by atoms with van der Waals surface area (Å²) in [7, 11) is -3.97. The minimum Gasteiger partial charge on any atom is -0.337 e. The van der Waals surface area contributed by atoms with Crippen molar-refractivity contribution in [3.8, 4) is 0 Å². The van der Waals surface area contributed by atoms with Crippen LogP contribution in [0.4, 0.5) is 10.5 Å². The van der Waals surface area contributed by atoms with Gasteiger partial charge in [0.1, 0.15) is 0 Å². The normalized spacial score (nSPS) is 11.0. The second kappa shape index (κ2) is 10.6. The fourth-order valence-corrected chi connectivity index (χ4v) is 3.48. The zero-order chi connectivity index (χ0) is 21.3. The second-order valence-electron chi connectivity index (χ2n) is 6.77. The van der Waals surface area contributed by atoms with E-state index in [2.05, 4.69) is 10.6 Å². The molecule has 156 valence electrons. The van der Waals surface area contributed by atoms with Gasteiger partial charge in [-0.2, -0.15) is 0 Å². The maximum absolute atomic E-state index is 12.2. The molecule has 0 aliphatic rings. The first kappa shape index (κ1) is 22.4. The number of anilines is 1. The van der Waals surface area contributed by atoms with Gasteiger partial charge in [0.05, 0.1) is 4.90 Å². The lowest BCUT2D eigenvalue weighted by molar-refractivity contribution is -0.116. The lowest BCUT2D eigenvalue weighted by Gasteiger charge is -2.10. The van der Waals surface area contributed by atoms with Crippen LogP contribution in [-0.4, -0.2) is 26.9 Å². The molecule has 3 N–H and O–H groups in total. The highest BCUT2D eigenvalue weighted by molar-refractivity contribution is 7.90. The first-order chi connectivity index (χ1) is 13.8. The summed E-state index contributed by atoms with van der Waals surface area (Å²) in [5, 5.41) is 5.24. The van der Waals surface area contributed by atoms with Crippen LogP contribution in [0.25, 0.3) is 0 Å². The number of rotatable bonds is 9. The Hall–Kier alpha value is -2.87. The molecule has 0 unspecified atom stereocenters. The van der Waals surface area contributed by atoms with E-state index in [-0.39, 0.29) is 10.8 Å². The SMILES string of the molecule is CCCCNC(=O)NS(=O)(=O)c1ccc(NC(=O)CCc2ccc(C)cc2)cc1. The highest BCUT2D eigenvalue weighted by Crippen LogP contribution is 2.15. The molecular weight excluding hydrogens is 390 g/mol. The summed E-state index contributed by atoms with van der Waals surface area (Å²) in [5.74, 6) is -0.158. The molecule has 2 aromatic carbocycles. The lowest BCUT2D eigenvalue weighted by atomic mass is 10.1. The van der Waals surface area contributed by atoms with Crippen molar-refractivity contribution in [1.29, 1.82) is 0 Å². The Kier molecular flexibility index (Phi) is 8.21. The molecule has 0 radical (unpaired) electrons. The van der Waals surface area contributed by atoms with Crippen LogP contribution in [0.1, 0.15) is 37.3 Å². The molecule has 3 amide bonds. The molecule has 0 saturated carbocycles. The lowest BCUT2D eigenvalue weighted by Crippen LogP contribution is -2.39. The van der Waals surface area contributed by atoms with Gasteiger partial charge in [-0.25, -0.2) is 17.9 Å². The van der Waals surface area contributed by atoms with Crippen LogP contribution in [-0.2, 0) is 21.2 Å². The first-order valence-electron chi connectivity index (χ1n) is 9.56. The fourth-order valence-electron chi connectivity index (χ4n) is 2.55. The van der Waals surface area contributed by atoms with Crippen molar-refractivity contribution < 1.29 is 18.0 Å². The van der Waals surface area contributed by atoms with Gasteiger partial charge in [-0.15, -0.1) is 0 Å². The number of carbonyl (C=O) groups excluding carboxylic acids is 2. The summed E-state index contributed by atoms with van der Waals surface area (Å²) in [5.41, 5.74) is 2.74. The predicted octanol–water partition coefficient (Wildman–Crippen LogP) is 3.35. The van der Waals surface area contributed by atoms with E-state index in [1.807, 2.05) is 42.8 Å². The summed E-state index contributed by atoms with van der Waals surface area (Å²) in [6, 6.07) is 12.9. The zero-order valence-corrected chi connectivity index (χ0v) is 17.5. The fraction of sp³-hybridized carbons (Fsp3) is 0.333. The number of carbonyl (C=O) groups is 2. The van der Waals surface area contributed by atoms with Crippen molar-refractivity contribution in [2.24, 2.45) is 0 Å². The Morgan fingerprint density at radius 3 is 2.24 bits per heavy atom. The molecule has 8 heteroatoms. The van der Waals surface area contributed by atoms with Crippen LogP contribution >= 0.6 is 0 Å². The molecule has 0 aliphatic heterocycles. The maximum Gasteiger partial charge on any atom is 0.328 e. The van der Waals surface area contributed by atoms with E-state index >= 15 is 0 Å². The predicted molar refractivity (Wildman–Crippen MR) is 113 cm³/mol. The Morgan fingerprint density at radius 2 is 1.62 bits per heavy atom. The van der Waals surface area contributed by atoms with Gasteiger partial charge in [0, 0.05) is 18.7 Å². The van der Waals surface area contributed by atoms with Gasteiger partial charge in [0.15, 0.2) is 0 Å². The van der Waals surface area contributed by atoms with Crippen LogP contribution < -0.4 is 15.4 Å². The van der Waals surface area contributed by atoms with E-state index in [9.17, 15) is 18.0 Å². The van der Waals surface area contributed by atoms with E-state index in [1.165, 1.54) is 29.8 Å². The number of nitrogens with one attached hydrogen (secondary N) is 3. The number of sulfonamides is 1. The van der Waals surface area contributed by atoms with E-state index < -0.39 is 16.1 Å². The Balaban J connectivity index is 1.87. The standard InChI is InChI=1S/C21H27N3O4S/c1-3-4-15-22-21(26)24-29(27,28)19-12-10-18(11-13-19)23-20(25)14-9-17-7-5-16(2)6-8-17/h5-8,10-13H,3-4,9,14-15H2,1-2H3,(H,23,25)(H2,22,24,26). The summed E-state index contributed by atoms with van der Waals surface area (Å²) in [4.78, 5) is 23.7. The second-order valence-corrected chi connectivity index (χ2v) is 8.46. The van der Waals surface area contributed by atoms with Gasteiger partial charge < -0.3 is 10.6 Å². The smallest absolute Gasteiger partial charge is 0.328 e. The van der Waals surface area contributed by atoms with E-state index in [0.717, 1.165) is 18.4 Å². The topological polar surface area (TPSA) is 104 Å². The van der Waals surface area contributed by atoms with Crippen molar-refractivity contribution in [2.75, 3.05) is 11.9 Å². The number of unbranched alkanes of at least 4 members (excludes halogenated alkanes) is 1. The van der Waals surface area contributed by atoms with Crippen molar-refractivity contribution in [3.63, 3.8) is 0 Å².